The molecule has 0 aromatic heterocycles. The van der Waals surface area contributed by atoms with Crippen LogP contribution >= 0.6 is 0 Å². The van der Waals surface area contributed by atoms with Gasteiger partial charge in [0.2, 0.25) is 0 Å². The molecule has 1 atom stereocenters. The minimum Gasteiger partial charge on any atom is -0.479 e. The molecule has 1 aromatic rings. The fraction of sp³-hybridized carbons (Fsp3) is 0.300. The lowest BCUT2D eigenvalue weighted by Crippen LogP contribution is -2.23. The summed E-state index contributed by atoms with van der Waals surface area (Å²) in [7, 11) is 0. The molecule has 0 aliphatic carbocycles. The molecule has 1 aromatic carbocycles. The Labute approximate surface area is 96.4 Å². The first-order valence-electron chi connectivity index (χ1n) is 4.73. The fourth-order valence-corrected chi connectivity index (χ4v) is 1.14. The average Bonchev–Trinajstić information content (AvgIpc) is 2.28. The second-order valence-corrected chi connectivity index (χ2v) is 3.32. The minimum absolute atomic E-state index is 0.170. The molecule has 0 radical (unpaired) electrons. The first-order valence-corrected chi connectivity index (χ1v) is 4.73. The van der Waals surface area contributed by atoms with Crippen molar-refractivity contribution < 1.29 is 24.7 Å². The second-order valence-electron chi connectivity index (χ2n) is 3.32. The van der Waals surface area contributed by atoms with Crippen LogP contribution in [0.3, 0.4) is 0 Å². The number of carbonyl (C=O) groups is 1. The molecule has 1 rings (SSSR count). The van der Waals surface area contributed by atoms with Crippen molar-refractivity contribution in [3.63, 3.8) is 0 Å². The van der Waals surface area contributed by atoms with Gasteiger partial charge >= 0.3 is 11.7 Å². The number of benzene rings is 1. The molecule has 17 heavy (non-hydrogen) atoms. The van der Waals surface area contributed by atoms with Crippen molar-refractivity contribution in [2.75, 3.05) is 0 Å². The number of nitro benzene ring substituents is 1. The van der Waals surface area contributed by atoms with Crippen LogP contribution in [0.25, 0.3) is 0 Å². The molecule has 0 aliphatic rings. The lowest BCUT2D eigenvalue weighted by atomic mass is 10.2. The van der Waals surface area contributed by atoms with Crippen LogP contribution in [-0.4, -0.2) is 27.2 Å². The van der Waals surface area contributed by atoms with Gasteiger partial charge in [0.05, 0.1) is 11.5 Å². The van der Waals surface area contributed by atoms with Gasteiger partial charge < -0.3 is 14.9 Å². The van der Waals surface area contributed by atoms with Crippen molar-refractivity contribution in [1.82, 2.24) is 0 Å². The normalized spacial score (nSPS) is 11.9. The molecule has 92 valence electrons. The van der Waals surface area contributed by atoms with Crippen molar-refractivity contribution in [1.29, 1.82) is 0 Å². The standard InChI is InChI=1S/C10H11NO6/c1-6(10(13)14)17-9-4-7(5-12)2-3-8(9)11(15)16/h2-4,6,12H,5H2,1H3,(H,13,14). The number of nitrogens with zero attached hydrogens (tertiary/aromatic N) is 1. The van der Waals surface area contributed by atoms with Crippen molar-refractivity contribution in [3.05, 3.63) is 33.9 Å². The third-order valence-electron chi connectivity index (χ3n) is 2.06. The zero-order valence-electron chi connectivity index (χ0n) is 8.99. The Morgan fingerprint density at radius 1 is 1.59 bits per heavy atom. The maximum Gasteiger partial charge on any atom is 0.344 e. The van der Waals surface area contributed by atoms with E-state index in [9.17, 15) is 14.9 Å². The molecule has 2 N–H and O–H groups in total. The number of carboxylic acids is 1. The number of hydrogen-bond acceptors (Lipinski definition) is 5. The van der Waals surface area contributed by atoms with Crippen molar-refractivity contribution in [2.24, 2.45) is 0 Å². The Morgan fingerprint density at radius 2 is 2.24 bits per heavy atom. The topological polar surface area (TPSA) is 110 Å². The number of aliphatic hydroxyl groups is 1. The van der Waals surface area contributed by atoms with Gasteiger partial charge in [-0.1, -0.05) is 0 Å². The Hall–Kier alpha value is -2.15. The Bertz CT molecular complexity index is 444. The summed E-state index contributed by atoms with van der Waals surface area (Å²) in [5.74, 6) is -1.40. The zero-order chi connectivity index (χ0) is 13.0. The van der Waals surface area contributed by atoms with Gasteiger partial charge in [-0.2, -0.15) is 0 Å². The number of ether oxygens (including phenoxy) is 1. The van der Waals surface area contributed by atoms with E-state index in [1.54, 1.807) is 0 Å². The summed E-state index contributed by atoms with van der Waals surface area (Å²) in [5, 5.41) is 28.2. The van der Waals surface area contributed by atoms with Gasteiger partial charge in [0, 0.05) is 6.07 Å². The molecule has 7 heteroatoms. The van der Waals surface area contributed by atoms with Crippen molar-refractivity contribution in [2.45, 2.75) is 19.6 Å². The van der Waals surface area contributed by atoms with E-state index in [1.165, 1.54) is 19.1 Å². The smallest absolute Gasteiger partial charge is 0.344 e. The number of rotatable bonds is 5. The van der Waals surface area contributed by atoms with Crippen LogP contribution in [0, 0.1) is 10.1 Å². The molecule has 0 amide bonds. The van der Waals surface area contributed by atoms with E-state index in [2.05, 4.69) is 0 Å². The average molecular weight is 241 g/mol. The van der Waals surface area contributed by atoms with E-state index in [0.29, 0.717) is 5.56 Å². The molecular weight excluding hydrogens is 230 g/mol. The lowest BCUT2D eigenvalue weighted by molar-refractivity contribution is -0.386. The van der Waals surface area contributed by atoms with E-state index in [4.69, 9.17) is 14.9 Å². The molecule has 0 fully saturated rings. The molecule has 0 saturated heterocycles. The van der Waals surface area contributed by atoms with E-state index < -0.39 is 17.0 Å². The number of aliphatic carboxylic acids is 1. The maximum absolute atomic E-state index is 10.7. The predicted octanol–water partition coefficient (Wildman–Crippen LogP) is 0.939. The fourth-order valence-electron chi connectivity index (χ4n) is 1.14. The van der Waals surface area contributed by atoms with Crippen LogP contribution < -0.4 is 4.74 Å². The molecule has 0 bridgehead atoms. The van der Waals surface area contributed by atoms with Gasteiger partial charge in [-0.15, -0.1) is 0 Å². The summed E-state index contributed by atoms with van der Waals surface area (Å²) in [5.41, 5.74) is 0.0680. The monoisotopic (exact) mass is 241 g/mol. The highest BCUT2D eigenvalue weighted by Gasteiger charge is 2.20. The quantitative estimate of drug-likeness (QED) is 0.586. The highest BCUT2D eigenvalue weighted by molar-refractivity contribution is 5.72. The van der Waals surface area contributed by atoms with Crippen LogP contribution in [0.5, 0.6) is 5.75 Å². The maximum atomic E-state index is 10.7. The van der Waals surface area contributed by atoms with Gasteiger partial charge in [-0.05, 0) is 24.6 Å². The second kappa shape index (κ2) is 5.26. The molecule has 7 nitrogen and oxygen atoms in total. The lowest BCUT2D eigenvalue weighted by Gasteiger charge is -2.11. The van der Waals surface area contributed by atoms with Gasteiger partial charge in [-0.25, -0.2) is 4.79 Å². The summed E-state index contributed by atoms with van der Waals surface area (Å²) in [6, 6.07) is 3.78. The molecule has 0 aliphatic heterocycles. The SMILES string of the molecule is CC(Oc1cc(CO)ccc1[N+](=O)[O-])C(=O)O. The van der Waals surface area contributed by atoms with E-state index in [-0.39, 0.29) is 18.0 Å². The third-order valence-corrected chi connectivity index (χ3v) is 2.06. The number of nitro groups is 1. The van der Waals surface area contributed by atoms with E-state index >= 15 is 0 Å². The largest absolute Gasteiger partial charge is 0.479 e. The summed E-state index contributed by atoms with van der Waals surface area (Å²) in [6.07, 6.45) is -1.21. The number of carboxylic acid groups (broad SMARTS) is 1. The number of hydrogen-bond donors (Lipinski definition) is 2. The first-order chi connectivity index (χ1) is 7.95. The van der Waals surface area contributed by atoms with Crippen LogP contribution in [-0.2, 0) is 11.4 Å². The number of aliphatic hydroxyl groups excluding tert-OH is 1. The first kappa shape index (κ1) is 12.9. The van der Waals surface area contributed by atoms with Crippen LogP contribution in [0.15, 0.2) is 18.2 Å². The zero-order valence-corrected chi connectivity index (χ0v) is 8.99. The van der Waals surface area contributed by atoms with Gasteiger partial charge in [0.1, 0.15) is 0 Å². The van der Waals surface area contributed by atoms with Gasteiger partial charge in [0.25, 0.3) is 0 Å². The third kappa shape index (κ3) is 3.15. The molecule has 0 saturated carbocycles. The van der Waals surface area contributed by atoms with Gasteiger partial charge in [-0.3, -0.25) is 10.1 Å². The Kier molecular flexibility index (Phi) is 4.00. The van der Waals surface area contributed by atoms with Crippen LogP contribution in [0.2, 0.25) is 0 Å². The van der Waals surface area contributed by atoms with E-state index in [0.717, 1.165) is 6.07 Å². The summed E-state index contributed by atoms with van der Waals surface area (Å²) >= 11 is 0. The van der Waals surface area contributed by atoms with E-state index in [1.807, 2.05) is 0 Å². The van der Waals surface area contributed by atoms with Gasteiger partial charge in [0.15, 0.2) is 11.9 Å². The predicted molar refractivity (Wildman–Crippen MR) is 56.7 cm³/mol. The summed E-state index contributed by atoms with van der Waals surface area (Å²) < 4.78 is 4.96. The minimum atomic E-state index is -1.23. The summed E-state index contributed by atoms with van der Waals surface area (Å²) in [6.45, 7) is 0.952. The molecular formula is C10H11NO6. The highest BCUT2D eigenvalue weighted by atomic mass is 16.6. The molecule has 0 heterocycles. The summed E-state index contributed by atoms with van der Waals surface area (Å²) in [4.78, 5) is 20.6. The van der Waals surface area contributed by atoms with Crippen molar-refractivity contribution in [3.8, 4) is 5.75 Å². The Balaban J connectivity index is 3.09. The molecule has 0 spiro atoms. The van der Waals surface area contributed by atoms with Crippen LogP contribution in [0.1, 0.15) is 12.5 Å². The van der Waals surface area contributed by atoms with Crippen molar-refractivity contribution >= 4 is 11.7 Å². The van der Waals surface area contributed by atoms with Crippen LogP contribution in [0.4, 0.5) is 5.69 Å². The Morgan fingerprint density at radius 3 is 2.71 bits per heavy atom. The highest BCUT2D eigenvalue weighted by Crippen LogP contribution is 2.28. The molecule has 1 unspecified atom stereocenters.